The molecule has 3 rings (SSSR count). The summed E-state index contributed by atoms with van der Waals surface area (Å²) in [5.41, 5.74) is 3.35. The van der Waals surface area contributed by atoms with E-state index in [4.69, 9.17) is 0 Å². The van der Waals surface area contributed by atoms with E-state index in [9.17, 15) is 0 Å². The molecule has 0 fully saturated rings. The predicted molar refractivity (Wildman–Crippen MR) is 72.6 cm³/mol. The number of quaternary nitrogens is 1. The summed E-state index contributed by atoms with van der Waals surface area (Å²) in [5, 5.41) is 5.19. The second-order valence-corrected chi connectivity index (χ2v) is 6.24. The number of halogens is 1. The molecule has 0 saturated carbocycles. The van der Waals surface area contributed by atoms with Gasteiger partial charge in [-0.3, -0.25) is 0 Å². The third kappa shape index (κ3) is 1.69. The Labute approximate surface area is 126 Å². The van der Waals surface area contributed by atoms with Gasteiger partial charge in [0, 0.05) is 5.56 Å². The molecule has 0 unspecified atom stereocenters. The van der Waals surface area contributed by atoms with Crippen LogP contribution >= 0.6 is 0 Å². The summed E-state index contributed by atoms with van der Waals surface area (Å²) in [5.74, 6) is 0. The average molecular weight is 353 g/mol. The van der Waals surface area contributed by atoms with Gasteiger partial charge in [0.25, 0.3) is 0 Å². The Morgan fingerprint density at radius 1 is 0.889 bits per heavy atom. The summed E-state index contributed by atoms with van der Waals surface area (Å²) in [6, 6.07) is 13.2. The fourth-order valence-electron chi connectivity index (χ4n) is 3.00. The average Bonchev–Trinajstić information content (AvgIpc) is 2.45. The molecule has 0 spiro atoms. The van der Waals surface area contributed by atoms with E-state index in [1.165, 1.54) is 22.0 Å². The van der Waals surface area contributed by atoms with Crippen LogP contribution in [0.4, 0.5) is 5.69 Å². The molecule has 96 valence electrons. The molecule has 1 heterocycles. The van der Waals surface area contributed by atoms with Crippen molar-refractivity contribution in [1.82, 2.24) is 0 Å². The third-order valence-electron chi connectivity index (χ3n) is 4.71. The van der Waals surface area contributed by atoms with Crippen LogP contribution in [-0.4, -0.2) is 5.54 Å². The van der Waals surface area contributed by atoms with E-state index in [1.807, 2.05) is 0 Å². The van der Waals surface area contributed by atoms with Gasteiger partial charge in [0.1, 0.15) is 11.2 Å². The van der Waals surface area contributed by atoms with Gasteiger partial charge in [0.05, 0.1) is 5.41 Å². The molecule has 0 amide bonds. The second-order valence-electron chi connectivity index (χ2n) is 6.24. The molecular weight excluding hydrogens is 333 g/mol. The molecule has 1 nitrogen and oxygen atoms in total. The quantitative estimate of drug-likeness (QED) is 0.512. The monoisotopic (exact) mass is 353 g/mol. The number of hydrogen-bond donors (Lipinski definition) is 1. The minimum atomic E-state index is 0. The van der Waals surface area contributed by atoms with Crippen LogP contribution in [0.3, 0.4) is 0 Å². The highest BCUT2D eigenvalue weighted by atomic mass is 127. The summed E-state index contributed by atoms with van der Waals surface area (Å²) in [7, 11) is 0. The van der Waals surface area contributed by atoms with E-state index in [2.05, 4.69) is 69.4 Å². The van der Waals surface area contributed by atoms with Gasteiger partial charge in [-0.05, 0) is 50.6 Å². The van der Waals surface area contributed by atoms with Crippen LogP contribution in [0.15, 0.2) is 36.4 Å². The molecule has 2 heteroatoms. The lowest BCUT2D eigenvalue weighted by Gasteiger charge is -2.31. The summed E-state index contributed by atoms with van der Waals surface area (Å²) >= 11 is 0. The molecule has 2 aromatic carbocycles. The predicted octanol–water partition coefficient (Wildman–Crippen LogP) is 0.109. The summed E-state index contributed by atoms with van der Waals surface area (Å²) in [6.45, 7) is 9.40. The molecule has 2 aromatic rings. The van der Waals surface area contributed by atoms with Gasteiger partial charge < -0.3 is 29.3 Å². The van der Waals surface area contributed by atoms with E-state index in [-0.39, 0.29) is 34.9 Å². The van der Waals surface area contributed by atoms with Gasteiger partial charge >= 0.3 is 0 Å². The van der Waals surface area contributed by atoms with E-state index in [0.29, 0.717) is 0 Å². The number of fused-ring (bicyclic) bond motifs is 3. The molecule has 1 aliphatic rings. The lowest BCUT2D eigenvalue weighted by Crippen LogP contribution is -3.00. The number of nitrogens with two attached hydrogens (primary N) is 1. The summed E-state index contributed by atoms with van der Waals surface area (Å²) < 4.78 is 0. The topological polar surface area (TPSA) is 16.6 Å². The van der Waals surface area contributed by atoms with Crippen molar-refractivity contribution in [1.29, 1.82) is 0 Å². The van der Waals surface area contributed by atoms with E-state index >= 15 is 0 Å². The van der Waals surface area contributed by atoms with Gasteiger partial charge in [-0.1, -0.05) is 24.3 Å². The van der Waals surface area contributed by atoms with E-state index in [0.717, 1.165) is 0 Å². The zero-order valence-electron chi connectivity index (χ0n) is 11.4. The minimum absolute atomic E-state index is 0. The van der Waals surface area contributed by atoms with Gasteiger partial charge in [-0.2, -0.15) is 0 Å². The minimum Gasteiger partial charge on any atom is -1.00 e. The first-order valence-electron chi connectivity index (χ1n) is 6.32. The second kappa shape index (κ2) is 4.20. The van der Waals surface area contributed by atoms with Gasteiger partial charge in [0.15, 0.2) is 0 Å². The first-order chi connectivity index (χ1) is 7.93. The maximum absolute atomic E-state index is 2.43. The summed E-state index contributed by atoms with van der Waals surface area (Å²) in [6.07, 6.45) is 0. The van der Waals surface area contributed by atoms with Crippen LogP contribution in [0.1, 0.15) is 33.3 Å². The van der Waals surface area contributed by atoms with Crippen molar-refractivity contribution in [3.63, 3.8) is 0 Å². The highest BCUT2D eigenvalue weighted by Gasteiger charge is 2.50. The molecule has 0 saturated heterocycles. The van der Waals surface area contributed by atoms with Crippen molar-refractivity contribution < 1.29 is 29.3 Å². The van der Waals surface area contributed by atoms with Crippen LogP contribution in [0.2, 0.25) is 0 Å². The highest BCUT2D eigenvalue weighted by molar-refractivity contribution is 5.90. The van der Waals surface area contributed by atoms with Crippen LogP contribution in [0.5, 0.6) is 0 Å². The fourth-order valence-corrected chi connectivity index (χ4v) is 3.00. The molecule has 0 bridgehead atoms. The van der Waals surface area contributed by atoms with Crippen molar-refractivity contribution in [2.75, 3.05) is 0 Å². The molecule has 0 atom stereocenters. The Balaban J connectivity index is 0.00000120. The molecular formula is C16H20IN. The van der Waals surface area contributed by atoms with Crippen LogP contribution in [-0.2, 0) is 5.41 Å². The third-order valence-corrected chi connectivity index (χ3v) is 4.71. The number of rotatable bonds is 0. The maximum Gasteiger partial charge on any atom is 0.134 e. The Bertz CT molecular complexity index is 599. The van der Waals surface area contributed by atoms with Crippen LogP contribution in [0.25, 0.3) is 10.8 Å². The molecule has 2 N–H and O–H groups in total. The van der Waals surface area contributed by atoms with Crippen LogP contribution < -0.4 is 29.3 Å². The zero-order chi connectivity index (χ0) is 12.3. The normalized spacial score (nSPS) is 19.3. The maximum atomic E-state index is 2.43. The largest absolute Gasteiger partial charge is 1.00 e. The lowest BCUT2D eigenvalue weighted by molar-refractivity contribution is -0.644. The van der Waals surface area contributed by atoms with E-state index in [1.54, 1.807) is 0 Å². The number of benzene rings is 2. The molecule has 0 aromatic heterocycles. The Kier molecular flexibility index (Phi) is 3.23. The Morgan fingerprint density at radius 3 is 2.28 bits per heavy atom. The molecule has 1 aliphatic heterocycles. The standard InChI is InChI=1S/C16H19N.HI/c1-15(2)14-12-8-6-5-7-11(12)9-10-13(14)17-16(15,3)4;/h5-10,17H,1-4H3;1H. The first-order valence-corrected chi connectivity index (χ1v) is 6.32. The number of hydrogen-bond acceptors (Lipinski definition) is 0. The molecule has 18 heavy (non-hydrogen) atoms. The van der Waals surface area contributed by atoms with Crippen molar-refractivity contribution in [2.24, 2.45) is 0 Å². The van der Waals surface area contributed by atoms with E-state index < -0.39 is 0 Å². The van der Waals surface area contributed by atoms with Gasteiger partial charge in [-0.25, -0.2) is 0 Å². The van der Waals surface area contributed by atoms with Crippen molar-refractivity contribution in [3.05, 3.63) is 42.0 Å². The van der Waals surface area contributed by atoms with Crippen molar-refractivity contribution in [3.8, 4) is 0 Å². The smallest absolute Gasteiger partial charge is 0.134 e. The SMILES string of the molecule is CC1(C)[NH2+]c2ccc3ccccc3c2C1(C)C.[I-]. The highest BCUT2D eigenvalue weighted by Crippen LogP contribution is 2.44. The summed E-state index contributed by atoms with van der Waals surface area (Å²) in [4.78, 5) is 0. The fraction of sp³-hybridized carbons (Fsp3) is 0.375. The van der Waals surface area contributed by atoms with Crippen LogP contribution in [0, 0.1) is 0 Å². The van der Waals surface area contributed by atoms with Gasteiger partial charge in [0.2, 0.25) is 0 Å². The lowest BCUT2D eigenvalue weighted by atomic mass is 9.71. The van der Waals surface area contributed by atoms with Crippen molar-refractivity contribution >= 4 is 16.5 Å². The molecule has 0 radical (unpaired) electrons. The Hall–Kier alpha value is -0.610. The first kappa shape index (κ1) is 13.8. The van der Waals surface area contributed by atoms with Gasteiger partial charge in [-0.15, -0.1) is 0 Å². The molecule has 0 aliphatic carbocycles. The van der Waals surface area contributed by atoms with Crippen molar-refractivity contribution in [2.45, 2.75) is 38.6 Å². The zero-order valence-corrected chi connectivity index (χ0v) is 13.6. The Morgan fingerprint density at radius 2 is 1.56 bits per heavy atom.